The zero-order valence-electron chi connectivity index (χ0n) is 16.1. The second kappa shape index (κ2) is 7.98. The molecule has 6 atom stereocenters. The molecule has 2 aromatic rings. The van der Waals surface area contributed by atoms with Crippen molar-refractivity contribution in [1.82, 2.24) is 0 Å². The van der Waals surface area contributed by atoms with Gasteiger partial charge in [0.1, 0.15) is 65.2 Å². The van der Waals surface area contributed by atoms with Crippen molar-refractivity contribution in [3.8, 4) is 23.0 Å². The topological polar surface area (TPSA) is 177 Å². The maximum Gasteiger partial charge on any atom is 0.174 e. The minimum absolute atomic E-state index is 0.0470. The fourth-order valence-corrected chi connectivity index (χ4v) is 3.97. The number of ether oxygens (including phenoxy) is 2. The van der Waals surface area contributed by atoms with Crippen LogP contribution in [0.15, 0.2) is 30.3 Å². The monoisotopic (exact) mass is 434 g/mol. The Labute approximate surface area is 176 Å². The summed E-state index contributed by atoms with van der Waals surface area (Å²) in [6, 6.07) is 7.14. The van der Waals surface area contributed by atoms with Gasteiger partial charge in [-0.2, -0.15) is 0 Å². The lowest BCUT2D eigenvalue weighted by Crippen LogP contribution is -2.55. The number of phenolic OH excluding ortho intramolecular Hbond substituents is 3. The Kier molecular flexibility index (Phi) is 5.50. The number of benzene rings is 2. The van der Waals surface area contributed by atoms with E-state index >= 15 is 0 Å². The van der Waals surface area contributed by atoms with Crippen molar-refractivity contribution >= 4 is 5.78 Å². The molecule has 7 N–H and O–H groups in total. The van der Waals surface area contributed by atoms with Crippen LogP contribution in [-0.4, -0.2) is 72.6 Å². The molecule has 0 radical (unpaired) electrons. The maximum absolute atomic E-state index is 12.8. The Bertz CT molecular complexity index is 987. The van der Waals surface area contributed by atoms with Crippen LogP contribution in [-0.2, 0) is 4.74 Å². The zero-order chi connectivity index (χ0) is 22.4. The van der Waals surface area contributed by atoms with E-state index in [0.29, 0.717) is 5.56 Å². The van der Waals surface area contributed by atoms with Crippen molar-refractivity contribution in [2.24, 2.45) is 0 Å². The molecule has 31 heavy (non-hydrogen) atoms. The number of aliphatic hydroxyl groups excluding tert-OH is 4. The van der Waals surface area contributed by atoms with E-state index < -0.39 is 60.5 Å². The minimum atomic E-state index is -1.75. The number of carbonyl (C=O) groups is 1. The molecule has 0 amide bonds. The zero-order valence-corrected chi connectivity index (χ0v) is 16.1. The van der Waals surface area contributed by atoms with Gasteiger partial charge in [0.15, 0.2) is 5.78 Å². The molecular weight excluding hydrogens is 412 g/mol. The summed E-state index contributed by atoms with van der Waals surface area (Å²) >= 11 is 0. The molecule has 5 unspecified atom stereocenters. The van der Waals surface area contributed by atoms with Gasteiger partial charge < -0.3 is 45.2 Å². The highest BCUT2D eigenvalue weighted by molar-refractivity contribution is 6.03. The molecule has 1 fully saturated rings. The first-order valence-electron chi connectivity index (χ1n) is 9.61. The Morgan fingerprint density at radius 1 is 0.968 bits per heavy atom. The number of hydrogen-bond donors (Lipinski definition) is 7. The molecule has 0 aromatic heterocycles. The smallest absolute Gasteiger partial charge is 0.174 e. The molecule has 10 heteroatoms. The van der Waals surface area contributed by atoms with Crippen LogP contribution in [0.25, 0.3) is 0 Å². The lowest BCUT2D eigenvalue weighted by Gasteiger charge is -2.40. The Morgan fingerprint density at radius 3 is 2.29 bits per heavy atom. The standard InChI is InChI=1S/C21H22O10/c22-7-14-17(26)19(28)20(29)21(31-14)16-11(25)6-13-15(18(16)27)10(24)5-12(30-13)8-1-3-9(23)4-2-8/h1-4,6,12,14,17,19-23,25-29H,5,7H2/t12-,14?,17?,19?,20?,21?/m0/s1. The predicted octanol–water partition coefficient (Wildman–Crippen LogP) is 0.0248. The van der Waals surface area contributed by atoms with Gasteiger partial charge in [-0.05, 0) is 17.7 Å². The number of phenols is 3. The van der Waals surface area contributed by atoms with E-state index in [1.807, 2.05) is 0 Å². The van der Waals surface area contributed by atoms with Gasteiger partial charge in [0.05, 0.1) is 18.6 Å². The second-order valence-electron chi connectivity index (χ2n) is 7.61. The van der Waals surface area contributed by atoms with E-state index in [-0.39, 0.29) is 29.0 Å². The SMILES string of the molecule is O=C1C[C@@H](c2ccc(O)cc2)Oc2cc(O)c(C3OC(CO)C(O)C(O)C3O)c(O)c21. The molecule has 10 nitrogen and oxygen atoms in total. The first-order chi connectivity index (χ1) is 14.7. The molecule has 2 aliphatic heterocycles. The normalized spacial score (nSPS) is 30.5. The van der Waals surface area contributed by atoms with Gasteiger partial charge in [-0.3, -0.25) is 4.79 Å². The van der Waals surface area contributed by atoms with Crippen LogP contribution in [0.2, 0.25) is 0 Å². The molecule has 166 valence electrons. The van der Waals surface area contributed by atoms with Gasteiger partial charge in [-0.15, -0.1) is 0 Å². The molecule has 2 aromatic carbocycles. The number of carbonyl (C=O) groups excluding carboxylic acids is 1. The number of aliphatic hydroxyl groups is 4. The fraction of sp³-hybridized carbons (Fsp3) is 0.381. The fourth-order valence-electron chi connectivity index (χ4n) is 3.97. The van der Waals surface area contributed by atoms with Crippen LogP contribution in [0.5, 0.6) is 23.0 Å². The number of hydrogen-bond acceptors (Lipinski definition) is 10. The number of fused-ring (bicyclic) bond motifs is 1. The van der Waals surface area contributed by atoms with Crippen molar-refractivity contribution < 1.29 is 50.0 Å². The summed E-state index contributed by atoms with van der Waals surface area (Å²) in [6.45, 7) is -0.690. The summed E-state index contributed by atoms with van der Waals surface area (Å²) in [5, 5.41) is 70.4. The summed E-state index contributed by atoms with van der Waals surface area (Å²) in [7, 11) is 0. The molecule has 0 spiro atoms. The van der Waals surface area contributed by atoms with Crippen molar-refractivity contribution in [2.45, 2.75) is 43.0 Å². The molecule has 0 bridgehead atoms. The highest BCUT2D eigenvalue weighted by atomic mass is 16.5. The van der Waals surface area contributed by atoms with Crippen LogP contribution in [0.4, 0.5) is 0 Å². The van der Waals surface area contributed by atoms with Crippen molar-refractivity contribution in [3.63, 3.8) is 0 Å². The van der Waals surface area contributed by atoms with E-state index in [4.69, 9.17) is 9.47 Å². The molecule has 0 saturated carbocycles. The average Bonchev–Trinajstić information content (AvgIpc) is 2.73. The van der Waals surface area contributed by atoms with Crippen LogP contribution in [0.1, 0.15) is 40.1 Å². The van der Waals surface area contributed by atoms with Crippen molar-refractivity contribution in [1.29, 1.82) is 0 Å². The van der Waals surface area contributed by atoms with Gasteiger partial charge in [0.2, 0.25) is 0 Å². The van der Waals surface area contributed by atoms with Gasteiger partial charge in [-0.25, -0.2) is 0 Å². The van der Waals surface area contributed by atoms with Crippen LogP contribution < -0.4 is 4.74 Å². The lowest BCUT2D eigenvalue weighted by atomic mass is 9.87. The van der Waals surface area contributed by atoms with Crippen LogP contribution in [0, 0.1) is 0 Å². The third-order valence-electron chi connectivity index (χ3n) is 5.64. The highest BCUT2D eigenvalue weighted by Gasteiger charge is 2.47. The first-order valence-corrected chi connectivity index (χ1v) is 9.61. The van der Waals surface area contributed by atoms with E-state index in [2.05, 4.69) is 0 Å². The summed E-state index contributed by atoms with van der Waals surface area (Å²) in [5.74, 6) is -1.79. The molecule has 2 heterocycles. The van der Waals surface area contributed by atoms with Gasteiger partial charge >= 0.3 is 0 Å². The number of Topliss-reactive ketones (excluding diaryl/α,β-unsaturated/α-hetero) is 1. The van der Waals surface area contributed by atoms with Crippen molar-refractivity contribution in [2.75, 3.05) is 6.61 Å². The Morgan fingerprint density at radius 2 is 1.65 bits per heavy atom. The summed E-state index contributed by atoms with van der Waals surface area (Å²) in [6.07, 6.45) is -8.72. The molecule has 2 aliphatic rings. The average molecular weight is 434 g/mol. The van der Waals surface area contributed by atoms with E-state index in [1.165, 1.54) is 12.1 Å². The number of aromatic hydroxyl groups is 3. The van der Waals surface area contributed by atoms with Crippen molar-refractivity contribution in [3.05, 3.63) is 47.0 Å². The summed E-state index contributed by atoms with van der Waals surface area (Å²) < 4.78 is 11.2. The van der Waals surface area contributed by atoms with E-state index in [0.717, 1.165) is 6.07 Å². The Balaban J connectivity index is 1.72. The molecule has 1 saturated heterocycles. The van der Waals surface area contributed by atoms with E-state index in [1.54, 1.807) is 12.1 Å². The third-order valence-corrected chi connectivity index (χ3v) is 5.64. The quantitative estimate of drug-likeness (QED) is 0.348. The second-order valence-corrected chi connectivity index (χ2v) is 7.61. The van der Waals surface area contributed by atoms with Crippen LogP contribution in [0.3, 0.4) is 0 Å². The van der Waals surface area contributed by atoms with Gasteiger partial charge in [0.25, 0.3) is 0 Å². The molecular formula is C21H22O10. The highest BCUT2D eigenvalue weighted by Crippen LogP contribution is 2.49. The van der Waals surface area contributed by atoms with Gasteiger partial charge in [0, 0.05) is 6.07 Å². The number of rotatable bonds is 3. The maximum atomic E-state index is 12.8. The summed E-state index contributed by atoms with van der Waals surface area (Å²) in [4.78, 5) is 12.8. The molecule has 0 aliphatic carbocycles. The third kappa shape index (κ3) is 3.58. The minimum Gasteiger partial charge on any atom is -0.508 e. The Hall–Kier alpha value is -2.89. The van der Waals surface area contributed by atoms with Gasteiger partial charge in [-0.1, -0.05) is 12.1 Å². The molecule has 4 rings (SSSR count). The summed E-state index contributed by atoms with van der Waals surface area (Å²) in [5.41, 5.74) is 0.0178. The van der Waals surface area contributed by atoms with Crippen LogP contribution >= 0.6 is 0 Å². The predicted molar refractivity (Wildman–Crippen MR) is 103 cm³/mol. The first kappa shape index (κ1) is 21.3. The largest absolute Gasteiger partial charge is 0.508 e. The number of ketones is 1. The van der Waals surface area contributed by atoms with E-state index in [9.17, 15) is 40.5 Å². The lowest BCUT2D eigenvalue weighted by molar-refractivity contribution is -0.232.